The smallest absolute Gasteiger partial charge is 0.191 e. The largest absolute Gasteiger partial charge is 0.385 e. The van der Waals surface area contributed by atoms with Crippen molar-refractivity contribution in [2.75, 3.05) is 46.9 Å². The molecule has 0 spiro atoms. The van der Waals surface area contributed by atoms with Crippen molar-refractivity contribution in [3.63, 3.8) is 0 Å². The fraction of sp³-hybridized carbons (Fsp3) is 0.941. The second kappa shape index (κ2) is 10.1. The maximum atomic E-state index is 5.12. The van der Waals surface area contributed by atoms with Gasteiger partial charge >= 0.3 is 0 Å². The lowest BCUT2D eigenvalue weighted by Gasteiger charge is -2.33. The van der Waals surface area contributed by atoms with Gasteiger partial charge in [-0.25, -0.2) is 0 Å². The summed E-state index contributed by atoms with van der Waals surface area (Å²) >= 11 is 0. The lowest BCUT2D eigenvalue weighted by atomic mass is 10.1. The first-order valence-electron chi connectivity index (χ1n) is 9.00. The van der Waals surface area contributed by atoms with Crippen LogP contribution in [-0.2, 0) is 4.74 Å². The van der Waals surface area contributed by atoms with E-state index < -0.39 is 0 Å². The average Bonchev–Trinajstić information content (AvgIpc) is 3.36. The molecular formula is C17H34N4O. The van der Waals surface area contributed by atoms with Gasteiger partial charge in [0.25, 0.3) is 0 Å². The van der Waals surface area contributed by atoms with Crippen LogP contribution < -0.4 is 10.6 Å². The molecule has 0 bridgehead atoms. The zero-order valence-electron chi connectivity index (χ0n) is 14.4. The van der Waals surface area contributed by atoms with Gasteiger partial charge in [0, 0.05) is 53.0 Å². The van der Waals surface area contributed by atoms with E-state index in [0.717, 1.165) is 38.0 Å². The van der Waals surface area contributed by atoms with E-state index in [2.05, 4.69) is 20.5 Å². The number of piperidine rings is 1. The van der Waals surface area contributed by atoms with Crippen molar-refractivity contribution in [3.8, 4) is 0 Å². The van der Waals surface area contributed by atoms with Gasteiger partial charge in [-0.15, -0.1) is 0 Å². The maximum absolute atomic E-state index is 5.12. The minimum atomic E-state index is 0.563. The van der Waals surface area contributed by atoms with Gasteiger partial charge in [0.15, 0.2) is 5.96 Å². The monoisotopic (exact) mass is 310 g/mol. The molecule has 1 saturated carbocycles. The van der Waals surface area contributed by atoms with E-state index in [1.165, 1.54) is 51.6 Å². The fourth-order valence-corrected chi connectivity index (χ4v) is 3.13. The number of rotatable bonds is 9. The van der Waals surface area contributed by atoms with Gasteiger partial charge in [-0.2, -0.15) is 0 Å². The Morgan fingerprint density at radius 1 is 1.18 bits per heavy atom. The Hall–Kier alpha value is -0.810. The molecule has 2 rings (SSSR count). The second-order valence-electron chi connectivity index (χ2n) is 6.69. The summed E-state index contributed by atoms with van der Waals surface area (Å²) in [6.07, 6.45) is 9.10. The molecule has 0 radical (unpaired) electrons. The van der Waals surface area contributed by atoms with Crippen LogP contribution in [0.25, 0.3) is 0 Å². The van der Waals surface area contributed by atoms with E-state index in [1.807, 2.05) is 7.05 Å². The summed E-state index contributed by atoms with van der Waals surface area (Å²) in [5.74, 6) is 2.01. The number of ether oxygens (including phenoxy) is 1. The van der Waals surface area contributed by atoms with Crippen LogP contribution >= 0.6 is 0 Å². The molecule has 128 valence electrons. The van der Waals surface area contributed by atoms with Crippen LogP contribution in [0, 0.1) is 5.92 Å². The third-order valence-corrected chi connectivity index (χ3v) is 4.75. The highest BCUT2D eigenvalue weighted by Crippen LogP contribution is 2.33. The Balaban J connectivity index is 1.54. The molecule has 5 heteroatoms. The van der Waals surface area contributed by atoms with Gasteiger partial charge in [0.1, 0.15) is 0 Å². The molecule has 0 atom stereocenters. The van der Waals surface area contributed by atoms with Crippen molar-refractivity contribution >= 4 is 5.96 Å². The van der Waals surface area contributed by atoms with Crippen LogP contribution in [0.4, 0.5) is 0 Å². The number of nitrogens with one attached hydrogen (secondary N) is 2. The SMILES string of the molecule is CN=C(NCCCC1CC1)NC1CCN(CCCOC)CC1. The summed E-state index contributed by atoms with van der Waals surface area (Å²) in [6.45, 7) is 5.44. The van der Waals surface area contributed by atoms with E-state index in [1.54, 1.807) is 7.11 Å². The van der Waals surface area contributed by atoms with Crippen LogP contribution in [0.1, 0.15) is 44.9 Å². The molecule has 0 aromatic heterocycles. The Morgan fingerprint density at radius 3 is 2.59 bits per heavy atom. The molecule has 0 amide bonds. The van der Waals surface area contributed by atoms with Crippen molar-refractivity contribution in [1.82, 2.24) is 15.5 Å². The highest BCUT2D eigenvalue weighted by molar-refractivity contribution is 5.79. The first-order valence-corrected chi connectivity index (χ1v) is 9.00. The van der Waals surface area contributed by atoms with Crippen LogP contribution in [0.3, 0.4) is 0 Å². The third kappa shape index (κ3) is 6.97. The topological polar surface area (TPSA) is 48.9 Å². The lowest BCUT2D eigenvalue weighted by molar-refractivity contribution is 0.155. The highest BCUT2D eigenvalue weighted by Gasteiger charge is 2.21. The summed E-state index contributed by atoms with van der Waals surface area (Å²) in [6, 6.07) is 0.563. The fourth-order valence-electron chi connectivity index (χ4n) is 3.13. The van der Waals surface area contributed by atoms with E-state index in [0.29, 0.717) is 6.04 Å². The van der Waals surface area contributed by atoms with Crippen molar-refractivity contribution < 1.29 is 4.74 Å². The molecule has 0 unspecified atom stereocenters. The Morgan fingerprint density at radius 2 is 1.95 bits per heavy atom. The molecule has 2 aliphatic rings. The number of aliphatic imine (C=N–C) groups is 1. The maximum Gasteiger partial charge on any atom is 0.191 e. The first kappa shape index (κ1) is 17.5. The standard InChI is InChI=1S/C17H34N4O/c1-18-17(19-10-3-5-15-6-7-15)20-16-8-12-21(13-9-16)11-4-14-22-2/h15-16H,3-14H2,1-2H3,(H2,18,19,20). The highest BCUT2D eigenvalue weighted by atomic mass is 16.5. The molecule has 5 nitrogen and oxygen atoms in total. The summed E-state index contributed by atoms with van der Waals surface area (Å²) < 4.78 is 5.12. The zero-order valence-corrected chi connectivity index (χ0v) is 14.4. The van der Waals surface area contributed by atoms with Gasteiger partial charge in [-0.3, -0.25) is 4.99 Å². The normalized spacial score (nSPS) is 21.1. The summed E-state index contributed by atoms with van der Waals surface area (Å²) in [7, 11) is 3.65. The Kier molecular flexibility index (Phi) is 8.02. The predicted molar refractivity (Wildman–Crippen MR) is 92.4 cm³/mol. The molecule has 2 N–H and O–H groups in total. The minimum absolute atomic E-state index is 0.563. The summed E-state index contributed by atoms with van der Waals surface area (Å²) in [4.78, 5) is 6.90. The van der Waals surface area contributed by atoms with Crippen LogP contribution in [0.2, 0.25) is 0 Å². The molecule has 1 aliphatic carbocycles. The zero-order chi connectivity index (χ0) is 15.6. The van der Waals surface area contributed by atoms with Crippen molar-refractivity contribution in [1.29, 1.82) is 0 Å². The molecule has 0 aromatic rings. The molecule has 22 heavy (non-hydrogen) atoms. The van der Waals surface area contributed by atoms with Gasteiger partial charge in [-0.1, -0.05) is 12.8 Å². The third-order valence-electron chi connectivity index (χ3n) is 4.75. The Labute approximate surface area is 135 Å². The number of nitrogens with zero attached hydrogens (tertiary/aromatic N) is 2. The van der Waals surface area contributed by atoms with Gasteiger partial charge in [0.2, 0.25) is 0 Å². The molecule has 1 saturated heterocycles. The molecule has 1 aliphatic heterocycles. The summed E-state index contributed by atoms with van der Waals surface area (Å²) in [5, 5.41) is 7.05. The molecular weight excluding hydrogens is 276 g/mol. The van der Waals surface area contributed by atoms with Gasteiger partial charge in [-0.05, 0) is 38.0 Å². The number of hydrogen-bond donors (Lipinski definition) is 2. The first-order chi connectivity index (χ1) is 10.8. The van der Waals surface area contributed by atoms with Gasteiger partial charge in [0.05, 0.1) is 0 Å². The van der Waals surface area contributed by atoms with Crippen LogP contribution in [0.15, 0.2) is 4.99 Å². The van der Waals surface area contributed by atoms with Crippen LogP contribution in [0.5, 0.6) is 0 Å². The number of hydrogen-bond acceptors (Lipinski definition) is 3. The number of guanidine groups is 1. The van der Waals surface area contributed by atoms with E-state index in [4.69, 9.17) is 4.74 Å². The van der Waals surface area contributed by atoms with E-state index in [9.17, 15) is 0 Å². The quantitative estimate of drug-likeness (QED) is 0.388. The number of methoxy groups -OCH3 is 1. The predicted octanol–water partition coefficient (Wildman–Crippen LogP) is 1.84. The molecule has 2 fully saturated rings. The Bertz CT molecular complexity index is 323. The minimum Gasteiger partial charge on any atom is -0.385 e. The lowest BCUT2D eigenvalue weighted by Crippen LogP contribution is -2.49. The average molecular weight is 310 g/mol. The second-order valence-corrected chi connectivity index (χ2v) is 6.69. The summed E-state index contributed by atoms with van der Waals surface area (Å²) in [5.41, 5.74) is 0. The van der Waals surface area contributed by atoms with Gasteiger partial charge < -0.3 is 20.3 Å². The van der Waals surface area contributed by atoms with Crippen molar-refractivity contribution in [3.05, 3.63) is 0 Å². The number of likely N-dealkylation sites (tertiary alicyclic amines) is 1. The van der Waals surface area contributed by atoms with Crippen molar-refractivity contribution in [2.45, 2.75) is 51.0 Å². The molecule has 1 heterocycles. The molecule has 0 aromatic carbocycles. The van der Waals surface area contributed by atoms with Crippen molar-refractivity contribution in [2.24, 2.45) is 10.9 Å². The van der Waals surface area contributed by atoms with E-state index in [-0.39, 0.29) is 0 Å². The van der Waals surface area contributed by atoms with E-state index >= 15 is 0 Å². The van der Waals surface area contributed by atoms with Crippen LogP contribution in [-0.4, -0.2) is 63.8 Å².